The summed E-state index contributed by atoms with van der Waals surface area (Å²) in [5.74, 6) is -0.153. The molecule has 3 aliphatic rings. The van der Waals surface area contributed by atoms with Crippen LogP contribution in [0.4, 0.5) is 5.69 Å². The van der Waals surface area contributed by atoms with Crippen LogP contribution in [0, 0.1) is 0 Å². The molecule has 1 aromatic heterocycles. The standard InChI is InChI=1S/C42H47N3O4/c1-3-49-37(46)24-19-29-17-21-33(22-18-29)43-41(48)42(25-9-10-26-42)44(2)40(47)32-20-23-35-36(28-32)45-27-11-15-30-12-7-8-16-34(30)39(45)38(35)31-13-5-4-6-14-31/h7-8,12,16-24,28,31H,3-6,9-11,13-15,25-27H2,1-2H3,(H,43,48). The van der Waals surface area contributed by atoms with E-state index >= 15 is 0 Å². The molecule has 0 spiro atoms. The van der Waals surface area contributed by atoms with Crippen LogP contribution in [0.15, 0.2) is 72.8 Å². The summed E-state index contributed by atoms with van der Waals surface area (Å²) in [5, 5.41) is 4.37. The Bertz CT molecular complexity index is 1890. The van der Waals surface area contributed by atoms with E-state index in [-0.39, 0.29) is 11.8 Å². The lowest BCUT2D eigenvalue weighted by molar-refractivity contribution is -0.137. The van der Waals surface area contributed by atoms with Crippen molar-refractivity contribution in [2.45, 2.75) is 95.6 Å². The average molecular weight is 658 g/mol. The topological polar surface area (TPSA) is 80.6 Å². The van der Waals surface area contributed by atoms with Crippen molar-refractivity contribution in [3.05, 3.63) is 95.1 Å². The first-order chi connectivity index (χ1) is 23.9. The molecule has 1 N–H and O–H groups in total. The summed E-state index contributed by atoms with van der Waals surface area (Å²) in [6.45, 7) is 3.02. The minimum absolute atomic E-state index is 0.123. The van der Waals surface area contributed by atoms with E-state index in [1.54, 1.807) is 24.9 Å². The maximum atomic E-state index is 14.4. The molecule has 1 aliphatic heterocycles. The van der Waals surface area contributed by atoms with Crippen molar-refractivity contribution in [3.63, 3.8) is 0 Å². The van der Waals surface area contributed by atoms with Gasteiger partial charge in [-0.15, -0.1) is 0 Å². The molecule has 2 fully saturated rings. The average Bonchev–Trinajstić information content (AvgIpc) is 3.70. The zero-order chi connectivity index (χ0) is 34.0. The van der Waals surface area contributed by atoms with Crippen molar-refractivity contribution in [2.24, 2.45) is 0 Å². The minimum atomic E-state index is -0.934. The zero-order valence-corrected chi connectivity index (χ0v) is 28.8. The van der Waals surface area contributed by atoms with Crippen LogP contribution >= 0.6 is 0 Å². The van der Waals surface area contributed by atoms with Gasteiger partial charge in [0.05, 0.1) is 12.3 Å². The highest BCUT2D eigenvalue weighted by atomic mass is 16.5. The molecule has 7 rings (SSSR count). The van der Waals surface area contributed by atoms with Gasteiger partial charge in [0.15, 0.2) is 0 Å². The van der Waals surface area contributed by atoms with Gasteiger partial charge in [0.25, 0.3) is 5.91 Å². The number of aromatic nitrogens is 1. The van der Waals surface area contributed by atoms with E-state index in [4.69, 9.17) is 4.74 Å². The van der Waals surface area contributed by atoms with Gasteiger partial charge in [-0.2, -0.15) is 0 Å². The van der Waals surface area contributed by atoms with Crippen molar-refractivity contribution in [1.82, 2.24) is 9.47 Å². The molecule has 4 aromatic rings. The number of hydrogen-bond acceptors (Lipinski definition) is 4. The van der Waals surface area contributed by atoms with Crippen LogP contribution in [0.3, 0.4) is 0 Å². The number of carbonyl (C=O) groups is 3. The number of carbonyl (C=O) groups excluding carboxylic acids is 3. The third kappa shape index (κ3) is 6.31. The van der Waals surface area contributed by atoms with Gasteiger partial charge in [0, 0.05) is 47.4 Å². The minimum Gasteiger partial charge on any atom is -0.463 e. The van der Waals surface area contributed by atoms with Crippen LogP contribution in [0.2, 0.25) is 0 Å². The lowest BCUT2D eigenvalue weighted by Crippen LogP contribution is -2.55. The van der Waals surface area contributed by atoms with Crippen molar-refractivity contribution >= 4 is 40.4 Å². The fourth-order valence-electron chi connectivity index (χ4n) is 8.58. The van der Waals surface area contributed by atoms with E-state index in [2.05, 4.69) is 46.3 Å². The number of amides is 2. The van der Waals surface area contributed by atoms with Crippen LogP contribution in [0.1, 0.15) is 104 Å². The predicted molar refractivity (Wildman–Crippen MR) is 196 cm³/mol. The molecule has 0 saturated heterocycles. The summed E-state index contributed by atoms with van der Waals surface area (Å²) >= 11 is 0. The molecule has 0 radical (unpaired) electrons. The van der Waals surface area contributed by atoms with Gasteiger partial charge >= 0.3 is 5.97 Å². The highest BCUT2D eigenvalue weighted by molar-refractivity contribution is 6.06. The van der Waals surface area contributed by atoms with E-state index in [1.807, 2.05) is 30.3 Å². The van der Waals surface area contributed by atoms with Gasteiger partial charge in [-0.05, 0) is 98.4 Å². The van der Waals surface area contributed by atoms with Crippen molar-refractivity contribution in [1.29, 1.82) is 0 Å². The number of ether oxygens (including phenoxy) is 1. The maximum Gasteiger partial charge on any atom is 0.330 e. The van der Waals surface area contributed by atoms with E-state index in [9.17, 15) is 14.4 Å². The Kier molecular flexibility index (Phi) is 9.44. The first kappa shape index (κ1) is 32.9. The number of esters is 1. The Morgan fingerprint density at radius 3 is 2.45 bits per heavy atom. The number of anilines is 1. The van der Waals surface area contributed by atoms with Gasteiger partial charge in [0.1, 0.15) is 5.54 Å². The fraction of sp³-hybridized carbons (Fsp3) is 0.405. The van der Waals surface area contributed by atoms with Crippen molar-refractivity contribution < 1.29 is 19.1 Å². The monoisotopic (exact) mass is 657 g/mol. The molecular formula is C42H47N3O4. The number of aryl methyl sites for hydroxylation is 2. The second-order valence-electron chi connectivity index (χ2n) is 14.0. The van der Waals surface area contributed by atoms with Gasteiger partial charge in [-0.3, -0.25) is 9.59 Å². The summed E-state index contributed by atoms with van der Waals surface area (Å²) in [5.41, 5.74) is 7.86. The predicted octanol–water partition coefficient (Wildman–Crippen LogP) is 8.90. The second-order valence-corrected chi connectivity index (χ2v) is 14.0. The molecule has 7 heteroatoms. The first-order valence-corrected chi connectivity index (χ1v) is 18.2. The molecule has 0 unspecified atom stereocenters. The SMILES string of the molecule is CCOC(=O)C=Cc1ccc(NC(=O)C2(N(C)C(=O)c3ccc4c(C5CCCCC5)c5n(c4c3)CCCc3ccccc3-5)CCCC2)cc1. The molecule has 0 atom stereocenters. The highest BCUT2D eigenvalue weighted by Crippen LogP contribution is 2.46. The number of nitrogens with zero attached hydrogens (tertiary/aromatic N) is 2. The molecule has 0 bridgehead atoms. The van der Waals surface area contributed by atoms with Gasteiger partial charge in [-0.1, -0.05) is 74.6 Å². The Hall–Kier alpha value is -4.65. The van der Waals surface area contributed by atoms with Crippen molar-refractivity contribution in [2.75, 3.05) is 19.0 Å². The number of hydrogen-bond donors (Lipinski definition) is 1. The highest BCUT2D eigenvalue weighted by Gasteiger charge is 2.47. The lowest BCUT2D eigenvalue weighted by Gasteiger charge is -2.37. The number of fused-ring (bicyclic) bond motifs is 5. The Morgan fingerprint density at radius 2 is 1.69 bits per heavy atom. The first-order valence-electron chi connectivity index (χ1n) is 18.2. The third-order valence-electron chi connectivity index (χ3n) is 11.1. The van der Waals surface area contributed by atoms with Crippen LogP contribution in [-0.4, -0.2) is 46.4 Å². The maximum absolute atomic E-state index is 14.4. The Balaban J connectivity index is 1.19. The smallest absolute Gasteiger partial charge is 0.330 e. The normalized spacial score (nSPS) is 17.3. The molecule has 2 amide bonds. The summed E-state index contributed by atoms with van der Waals surface area (Å²) in [4.78, 5) is 41.8. The molecular weight excluding hydrogens is 610 g/mol. The van der Waals surface area contributed by atoms with Crippen LogP contribution in [0.5, 0.6) is 0 Å². The number of rotatable bonds is 8. The quantitative estimate of drug-likeness (QED) is 0.152. The van der Waals surface area contributed by atoms with E-state index in [0.29, 0.717) is 36.6 Å². The summed E-state index contributed by atoms with van der Waals surface area (Å²) < 4.78 is 7.45. The zero-order valence-electron chi connectivity index (χ0n) is 28.8. The Labute approximate surface area is 289 Å². The van der Waals surface area contributed by atoms with E-state index in [0.717, 1.165) is 43.3 Å². The molecule has 254 valence electrons. The van der Waals surface area contributed by atoms with Gasteiger partial charge < -0.3 is 19.5 Å². The largest absolute Gasteiger partial charge is 0.463 e. The second kappa shape index (κ2) is 14.1. The summed E-state index contributed by atoms with van der Waals surface area (Å²) in [6, 6.07) is 22.5. The molecule has 7 nitrogen and oxygen atoms in total. The lowest BCUT2D eigenvalue weighted by atomic mass is 9.81. The molecule has 2 aliphatic carbocycles. The fourth-order valence-corrected chi connectivity index (χ4v) is 8.58. The molecule has 3 aromatic carbocycles. The molecule has 2 saturated carbocycles. The number of likely N-dealkylation sites (N-methyl/N-ethyl adjacent to an activating group) is 1. The number of benzene rings is 3. The van der Waals surface area contributed by atoms with Crippen LogP contribution in [-0.2, 0) is 27.3 Å². The third-order valence-corrected chi connectivity index (χ3v) is 11.1. The summed E-state index contributed by atoms with van der Waals surface area (Å²) in [7, 11) is 1.79. The van der Waals surface area contributed by atoms with Gasteiger partial charge in [0.2, 0.25) is 5.91 Å². The number of nitrogens with one attached hydrogen (secondary N) is 1. The van der Waals surface area contributed by atoms with Crippen LogP contribution in [0.25, 0.3) is 28.2 Å². The van der Waals surface area contributed by atoms with Gasteiger partial charge in [-0.25, -0.2) is 4.79 Å². The molecule has 49 heavy (non-hydrogen) atoms. The van der Waals surface area contributed by atoms with Crippen LogP contribution < -0.4 is 5.32 Å². The molecule has 2 heterocycles. The Morgan fingerprint density at radius 1 is 0.939 bits per heavy atom. The van der Waals surface area contributed by atoms with E-state index in [1.165, 1.54) is 66.0 Å². The van der Waals surface area contributed by atoms with E-state index < -0.39 is 11.5 Å². The van der Waals surface area contributed by atoms with Crippen molar-refractivity contribution in [3.8, 4) is 11.3 Å². The summed E-state index contributed by atoms with van der Waals surface area (Å²) in [6.07, 6.45) is 14.5.